The molecule has 0 aliphatic carbocycles. The van der Waals surface area contributed by atoms with E-state index in [4.69, 9.17) is 9.47 Å². The molecule has 0 aliphatic rings. The molecular formula is C12H15F3N2O3. The first-order chi connectivity index (χ1) is 9.35. The molecule has 2 N–H and O–H groups in total. The molecule has 1 aromatic carbocycles. The Hall–Kier alpha value is -2.12. The summed E-state index contributed by atoms with van der Waals surface area (Å²) in [6.07, 6.45) is -4.43. The van der Waals surface area contributed by atoms with Crippen LogP contribution in [0.4, 0.5) is 18.0 Å². The summed E-state index contributed by atoms with van der Waals surface area (Å²) in [5.74, 6) is 1.00. The fraction of sp³-hybridized carbons (Fsp3) is 0.417. The van der Waals surface area contributed by atoms with E-state index in [1.165, 1.54) is 14.2 Å². The van der Waals surface area contributed by atoms with Crippen LogP contribution in [-0.4, -0.2) is 33.0 Å². The van der Waals surface area contributed by atoms with Crippen molar-refractivity contribution in [3.05, 3.63) is 23.8 Å². The van der Waals surface area contributed by atoms with Crippen LogP contribution in [0, 0.1) is 0 Å². The Morgan fingerprint density at radius 1 is 1.15 bits per heavy atom. The minimum absolute atomic E-state index is 0.0735. The molecule has 0 atom stereocenters. The van der Waals surface area contributed by atoms with Gasteiger partial charge in [0.2, 0.25) is 0 Å². The van der Waals surface area contributed by atoms with E-state index < -0.39 is 18.8 Å². The predicted octanol–water partition coefficient (Wildman–Crippen LogP) is 2.07. The van der Waals surface area contributed by atoms with Crippen molar-refractivity contribution in [2.45, 2.75) is 12.7 Å². The number of alkyl halides is 3. The van der Waals surface area contributed by atoms with Gasteiger partial charge in [0.1, 0.15) is 6.54 Å². The lowest BCUT2D eigenvalue weighted by Crippen LogP contribution is -2.40. The summed E-state index contributed by atoms with van der Waals surface area (Å²) in [4.78, 5) is 11.2. The van der Waals surface area contributed by atoms with Crippen molar-refractivity contribution >= 4 is 6.03 Å². The number of carbonyl (C=O) groups is 1. The molecule has 0 bridgehead atoms. The fourth-order valence-electron chi connectivity index (χ4n) is 1.42. The number of urea groups is 1. The van der Waals surface area contributed by atoms with Crippen LogP contribution in [0.1, 0.15) is 5.56 Å². The molecule has 0 saturated carbocycles. The molecule has 1 rings (SSSR count). The van der Waals surface area contributed by atoms with Gasteiger partial charge in [-0.1, -0.05) is 6.07 Å². The fourth-order valence-corrected chi connectivity index (χ4v) is 1.42. The van der Waals surface area contributed by atoms with Gasteiger partial charge in [0.15, 0.2) is 11.5 Å². The van der Waals surface area contributed by atoms with Gasteiger partial charge in [0.25, 0.3) is 0 Å². The van der Waals surface area contributed by atoms with Gasteiger partial charge in [0, 0.05) is 6.54 Å². The third-order valence-electron chi connectivity index (χ3n) is 2.35. The molecule has 0 aromatic heterocycles. The molecule has 0 heterocycles. The third-order valence-corrected chi connectivity index (χ3v) is 2.35. The van der Waals surface area contributed by atoms with Gasteiger partial charge in [-0.25, -0.2) is 4.79 Å². The average molecular weight is 292 g/mol. The molecule has 112 valence electrons. The first-order valence-electron chi connectivity index (χ1n) is 5.65. The maximum atomic E-state index is 11.9. The second-order valence-electron chi connectivity index (χ2n) is 3.84. The van der Waals surface area contributed by atoms with Crippen molar-refractivity contribution in [2.24, 2.45) is 0 Å². The number of benzene rings is 1. The minimum atomic E-state index is -4.43. The zero-order chi connectivity index (χ0) is 15.2. The first kappa shape index (κ1) is 15.9. The van der Waals surface area contributed by atoms with Gasteiger partial charge in [-0.2, -0.15) is 13.2 Å². The van der Waals surface area contributed by atoms with E-state index in [-0.39, 0.29) is 6.54 Å². The molecule has 0 spiro atoms. The van der Waals surface area contributed by atoms with Crippen LogP contribution in [0.15, 0.2) is 18.2 Å². The molecule has 8 heteroatoms. The van der Waals surface area contributed by atoms with Crippen molar-refractivity contribution in [3.8, 4) is 11.5 Å². The Morgan fingerprint density at radius 2 is 1.80 bits per heavy atom. The SMILES string of the molecule is COc1ccc(CNC(=O)NCC(F)(F)F)cc1OC. The Kier molecular flexibility index (Phi) is 5.48. The second-order valence-corrected chi connectivity index (χ2v) is 3.84. The van der Waals surface area contributed by atoms with E-state index in [1.807, 2.05) is 0 Å². The lowest BCUT2D eigenvalue weighted by molar-refractivity contribution is -0.122. The highest BCUT2D eigenvalue weighted by atomic mass is 19.4. The third kappa shape index (κ3) is 5.25. The smallest absolute Gasteiger partial charge is 0.405 e. The van der Waals surface area contributed by atoms with Crippen molar-refractivity contribution in [1.82, 2.24) is 10.6 Å². The summed E-state index contributed by atoms with van der Waals surface area (Å²) >= 11 is 0. The Bertz CT molecular complexity index is 464. The normalized spacial score (nSPS) is 10.8. The maximum Gasteiger partial charge on any atom is 0.405 e. The lowest BCUT2D eigenvalue weighted by atomic mass is 10.2. The van der Waals surface area contributed by atoms with Crippen molar-refractivity contribution < 1.29 is 27.4 Å². The standard InChI is InChI=1S/C12H15F3N2O3/c1-19-9-4-3-8(5-10(9)20-2)6-16-11(18)17-7-12(13,14)15/h3-5H,6-7H2,1-2H3,(H2,16,17,18). The minimum Gasteiger partial charge on any atom is -0.493 e. The van der Waals surface area contributed by atoms with Crippen LogP contribution >= 0.6 is 0 Å². The van der Waals surface area contributed by atoms with Crippen LogP contribution in [0.2, 0.25) is 0 Å². The van der Waals surface area contributed by atoms with E-state index in [9.17, 15) is 18.0 Å². The highest BCUT2D eigenvalue weighted by Crippen LogP contribution is 2.27. The highest BCUT2D eigenvalue weighted by molar-refractivity contribution is 5.73. The number of hydrogen-bond donors (Lipinski definition) is 2. The quantitative estimate of drug-likeness (QED) is 0.873. The van der Waals surface area contributed by atoms with Crippen molar-refractivity contribution in [2.75, 3.05) is 20.8 Å². The van der Waals surface area contributed by atoms with Crippen LogP contribution in [-0.2, 0) is 6.54 Å². The molecule has 1 aromatic rings. The number of carbonyl (C=O) groups excluding carboxylic acids is 1. The van der Waals surface area contributed by atoms with Crippen LogP contribution in [0.25, 0.3) is 0 Å². The number of methoxy groups -OCH3 is 2. The van der Waals surface area contributed by atoms with Gasteiger partial charge in [-0.3, -0.25) is 0 Å². The summed E-state index contributed by atoms with van der Waals surface area (Å²) in [7, 11) is 2.95. The molecule has 0 aliphatic heterocycles. The van der Waals surface area contributed by atoms with Gasteiger partial charge in [-0.15, -0.1) is 0 Å². The number of amides is 2. The van der Waals surface area contributed by atoms with Crippen LogP contribution in [0.3, 0.4) is 0 Å². The number of nitrogens with one attached hydrogen (secondary N) is 2. The highest BCUT2D eigenvalue weighted by Gasteiger charge is 2.27. The molecule has 0 fully saturated rings. The molecule has 0 radical (unpaired) electrons. The van der Waals surface area contributed by atoms with E-state index in [1.54, 1.807) is 23.5 Å². The van der Waals surface area contributed by atoms with Gasteiger partial charge in [0.05, 0.1) is 14.2 Å². The first-order valence-corrected chi connectivity index (χ1v) is 5.65. The summed E-state index contributed by atoms with van der Waals surface area (Å²) in [6.45, 7) is -1.30. The molecule has 0 saturated heterocycles. The second kappa shape index (κ2) is 6.88. The monoisotopic (exact) mass is 292 g/mol. The zero-order valence-electron chi connectivity index (χ0n) is 11.0. The van der Waals surface area contributed by atoms with Gasteiger partial charge >= 0.3 is 12.2 Å². The number of ether oxygens (including phenoxy) is 2. The molecule has 0 unspecified atom stereocenters. The van der Waals surface area contributed by atoms with E-state index >= 15 is 0 Å². The summed E-state index contributed by atoms with van der Waals surface area (Å²) in [6, 6.07) is 4.05. The van der Waals surface area contributed by atoms with E-state index in [0.29, 0.717) is 17.1 Å². The van der Waals surface area contributed by atoms with Crippen LogP contribution < -0.4 is 20.1 Å². The number of halogens is 3. The number of rotatable bonds is 5. The summed E-state index contributed by atoms with van der Waals surface area (Å²) < 4.78 is 45.8. The molecular weight excluding hydrogens is 277 g/mol. The summed E-state index contributed by atoms with van der Waals surface area (Å²) in [5.41, 5.74) is 0.671. The molecule has 5 nitrogen and oxygen atoms in total. The Balaban J connectivity index is 2.51. The topological polar surface area (TPSA) is 59.6 Å². The molecule has 20 heavy (non-hydrogen) atoms. The zero-order valence-corrected chi connectivity index (χ0v) is 11.0. The predicted molar refractivity (Wildman–Crippen MR) is 65.8 cm³/mol. The van der Waals surface area contributed by atoms with Crippen molar-refractivity contribution in [1.29, 1.82) is 0 Å². The van der Waals surface area contributed by atoms with Crippen molar-refractivity contribution in [3.63, 3.8) is 0 Å². The molecule has 2 amide bonds. The average Bonchev–Trinajstić information content (AvgIpc) is 2.41. The summed E-state index contributed by atoms with van der Waals surface area (Å²) in [5, 5.41) is 4.03. The van der Waals surface area contributed by atoms with Gasteiger partial charge < -0.3 is 20.1 Å². The van der Waals surface area contributed by atoms with E-state index in [0.717, 1.165) is 0 Å². The Labute approximate surface area is 114 Å². The van der Waals surface area contributed by atoms with Crippen LogP contribution in [0.5, 0.6) is 11.5 Å². The van der Waals surface area contributed by atoms with E-state index in [2.05, 4.69) is 5.32 Å². The van der Waals surface area contributed by atoms with Gasteiger partial charge in [-0.05, 0) is 17.7 Å². The Morgan fingerprint density at radius 3 is 2.35 bits per heavy atom. The maximum absolute atomic E-state index is 11.9. The largest absolute Gasteiger partial charge is 0.493 e. The number of hydrogen-bond acceptors (Lipinski definition) is 3. The lowest BCUT2D eigenvalue weighted by Gasteiger charge is -2.11.